The molecule has 10 nitrogen and oxygen atoms in total. The van der Waals surface area contributed by atoms with Crippen molar-refractivity contribution in [3.05, 3.63) is 102 Å². The van der Waals surface area contributed by atoms with E-state index in [0.29, 0.717) is 44.5 Å². The third-order valence-electron chi connectivity index (χ3n) is 8.86. The van der Waals surface area contributed by atoms with Gasteiger partial charge in [0.2, 0.25) is 5.91 Å². The van der Waals surface area contributed by atoms with Gasteiger partial charge < -0.3 is 30.9 Å². The van der Waals surface area contributed by atoms with E-state index < -0.39 is 35.7 Å². The minimum absolute atomic E-state index is 0.0866. The Hall–Kier alpha value is -4.41. The molecule has 1 fully saturated rings. The van der Waals surface area contributed by atoms with Crippen LogP contribution >= 0.6 is 0 Å². The lowest BCUT2D eigenvalue weighted by Crippen LogP contribution is -2.60. The number of ether oxygens (including phenoxy) is 2. The number of primary amides is 1. The Morgan fingerprint density at radius 3 is 2.09 bits per heavy atom. The van der Waals surface area contributed by atoms with Crippen LogP contribution in [0.2, 0.25) is 0 Å². The Morgan fingerprint density at radius 2 is 1.58 bits per heavy atom. The van der Waals surface area contributed by atoms with Crippen LogP contribution in [0.4, 0.5) is 15.3 Å². The number of carbonyl (C=O) groups is 3. The smallest absolute Gasteiger partial charge is 0.407 e. The summed E-state index contributed by atoms with van der Waals surface area (Å²) in [6, 6.07) is 25.3. The Balaban J connectivity index is 1.50. The number of carbonyl (C=O) groups excluding carboxylic acids is 2. The lowest BCUT2D eigenvalue weighted by molar-refractivity contribution is -0.120. The average molecular weight is 617 g/mol. The van der Waals surface area contributed by atoms with Crippen molar-refractivity contribution in [3.63, 3.8) is 0 Å². The first-order valence-corrected chi connectivity index (χ1v) is 15.5. The van der Waals surface area contributed by atoms with Crippen molar-refractivity contribution >= 4 is 23.8 Å². The van der Waals surface area contributed by atoms with Gasteiger partial charge in [0, 0.05) is 25.2 Å². The van der Waals surface area contributed by atoms with Crippen LogP contribution in [0.1, 0.15) is 55.7 Å². The maximum Gasteiger partial charge on any atom is 0.407 e. The van der Waals surface area contributed by atoms with Gasteiger partial charge in [-0.05, 0) is 48.4 Å². The second-order valence-corrected chi connectivity index (χ2v) is 11.4. The largest absolute Gasteiger partial charge is 0.465 e. The molecule has 1 heterocycles. The summed E-state index contributed by atoms with van der Waals surface area (Å²) in [7, 11) is 1.43. The molecule has 0 saturated carbocycles. The van der Waals surface area contributed by atoms with Crippen molar-refractivity contribution in [3.8, 4) is 0 Å². The molecule has 4 rings (SSSR count). The highest BCUT2D eigenvalue weighted by molar-refractivity contribution is 5.98. The summed E-state index contributed by atoms with van der Waals surface area (Å²) in [4.78, 5) is 39.0. The molecule has 1 saturated heterocycles. The van der Waals surface area contributed by atoms with E-state index in [-0.39, 0.29) is 12.1 Å². The third kappa shape index (κ3) is 8.20. The molecule has 3 aromatic carbocycles. The molecular weight excluding hydrogens is 572 g/mol. The molecule has 240 valence electrons. The van der Waals surface area contributed by atoms with E-state index in [0.717, 1.165) is 21.6 Å². The van der Waals surface area contributed by atoms with E-state index in [2.05, 4.69) is 10.6 Å². The Kier molecular flexibility index (Phi) is 11.6. The topological polar surface area (TPSA) is 143 Å². The molecule has 1 aliphatic heterocycles. The van der Waals surface area contributed by atoms with Crippen molar-refractivity contribution in [2.24, 2.45) is 5.73 Å². The number of benzene rings is 3. The molecule has 0 bridgehead atoms. The van der Waals surface area contributed by atoms with Crippen LogP contribution < -0.4 is 16.4 Å². The maximum absolute atomic E-state index is 14.1. The van der Waals surface area contributed by atoms with Crippen LogP contribution in [0.3, 0.4) is 0 Å². The van der Waals surface area contributed by atoms with Gasteiger partial charge in [-0.25, -0.2) is 9.59 Å². The van der Waals surface area contributed by atoms with Gasteiger partial charge in [0.15, 0.2) is 0 Å². The van der Waals surface area contributed by atoms with Crippen LogP contribution in [0, 0.1) is 0 Å². The van der Waals surface area contributed by atoms with Crippen molar-refractivity contribution < 1.29 is 29.0 Å². The van der Waals surface area contributed by atoms with E-state index >= 15 is 0 Å². The Morgan fingerprint density at radius 1 is 1.00 bits per heavy atom. The van der Waals surface area contributed by atoms with Crippen molar-refractivity contribution in [2.45, 2.75) is 69.2 Å². The number of amides is 3. The van der Waals surface area contributed by atoms with Crippen molar-refractivity contribution in [1.29, 1.82) is 0 Å². The Bertz CT molecular complexity index is 1370. The Labute approximate surface area is 264 Å². The molecule has 0 spiro atoms. The van der Waals surface area contributed by atoms with Gasteiger partial charge in [0.25, 0.3) is 0 Å². The molecule has 0 aliphatic carbocycles. The standard InChI is InChI=1S/C35H44N4O6/c1-4-35(5-2,45-33(36)41)29-23-44-27(22-37-29)21-20-24-14-12-13-19-28(24)38-32(40)31(39(3)34(42)43)30(25-15-8-6-9-16-25)26-17-10-7-11-18-26/h6-19,27,29-31,37H,4-5,20-23H2,1-3H3,(H2,36,41)(H,38,40)(H,42,43)/t27-,29+,31+/m1/s1. The second kappa shape index (κ2) is 15.5. The van der Waals surface area contributed by atoms with Crippen LogP contribution in [0.15, 0.2) is 84.9 Å². The zero-order valence-corrected chi connectivity index (χ0v) is 26.1. The van der Waals surface area contributed by atoms with Crippen LogP contribution in [-0.4, -0.2) is 72.1 Å². The fourth-order valence-corrected chi connectivity index (χ4v) is 6.24. The van der Waals surface area contributed by atoms with Gasteiger partial charge in [-0.15, -0.1) is 0 Å². The molecule has 3 amide bonds. The van der Waals surface area contributed by atoms with E-state index in [9.17, 15) is 19.5 Å². The first-order valence-electron chi connectivity index (χ1n) is 15.5. The molecule has 0 unspecified atom stereocenters. The SMILES string of the molecule is CCC(CC)(OC(N)=O)[C@@H]1CO[C@H](CCc2ccccc2NC(=O)[C@H](C(c2ccccc2)c2ccccc2)N(C)C(=O)O)CN1. The number of hydrogen-bond donors (Lipinski definition) is 4. The summed E-state index contributed by atoms with van der Waals surface area (Å²) in [6.45, 7) is 4.88. The van der Waals surface area contributed by atoms with Gasteiger partial charge >= 0.3 is 12.2 Å². The van der Waals surface area contributed by atoms with Crippen LogP contribution in [0.5, 0.6) is 0 Å². The predicted molar refractivity (Wildman–Crippen MR) is 173 cm³/mol. The normalized spacial score (nSPS) is 17.3. The summed E-state index contributed by atoms with van der Waals surface area (Å²) >= 11 is 0. The molecule has 0 radical (unpaired) electrons. The minimum atomic E-state index is -1.20. The number of anilines is 1. The zero-order chi connectivity index (χ0) is 32.4. The molecule has 5 N–H and O–H groups in total. The first-order chi connectivity index (χ1) is 21.7. The van der Waals surface area contributed by atoms with Gasteiger partial charge in [-0.3, -0.25) is 9.69 Å². The highest BCUT2D eigenvalue weighted by Crippen LogP contribution is 2.32. The fourth-order valence-electron chi connectivity index (χ4n) is 6.24. The van der Waals surface area contributed by atoms with Gasteiger partial charge in [-0.2, -0.15) is 0 Å². The molecule has 3 aromatic rings. The van der Waals surface area contributed by atoms with Crippen molar-refractivity contribution in [1.82, 2.24) is 10.2 Å². The number of hydrogen-bond acceptors (Lipinski definition) is 6. The lowest BCUT2D eigenvalue weighted by Gasteiger charge is -2.42. The summed E-state index contributed by atoms with van der Waals surface area (Å²) in [5, 5.41) is 16.6. The van der Waals surface area contributed by atoms with Crippen molar-refractivity contribution in [2.75, 3.05) is 25.5 Å². The summed E-state index contributed by atoms with van der Waals surface area (Å²) in [5.74, 6) is -0.958. The molecule has 1 aliphatic rings. The monoisotopic (exact) mass is 616 g/mol. The zero-order valence-electron chi connectivity index (χ0n) is 26.1. The van der Waals surface area contributed by atoms with E-state index in [1.54, 1.807) is 0 Å². The number of nitrogens with one attached hydrogen (secondary N) is 2. The number of para-hydroxylation sites is 1. The molecule has 3 atom stereocenters. The number of nitrogens with zero attached hydrogens (tertiary/aromatic N) is 1. The number of carboxylic acid groups (broad SMARTS) is 1. The summed E-state index contributed by atoms with van der Waals surface area (Å²) in [6.07, 6.45) is 0.449. The minimum Gasteiger partial charge on any atom is -0.465 e. The fraction of sp³-hybridized carbons (Fsp3) is 0.400. The third-order valence-corrected chi connectivity index (χ3v) is 8.86. The van der Waals surface area contributed by atoms with E-state index in [4.69, 9.17) is 15.2 Å². The summed E-state index contributed by atoms with van der Waals surface area (Å²) in [5.41, 5.74) is 7.84. The number of aryl methyl sites for hydroxylation is 1. The van der Waals surface area contributed by atoms with Gasteiger partial charge in [-0.1, -0.05) is 92.7 Å². The number of rotatable bonds is 13. The number of morpholine rings is 1. The highest BCUT2D eigenvalue weighted by atomic mass is 16.6. The molecule has 10 heteroatoms. The second-order valence-electron chi connectivity index (χ2n) is 11.4. The van der Waals surface area contributed by atoms with Crippen LogP contribution in [-0.2, 0) is 20.7 Å². The highest BCUT2D eigenvalue weighted by Gasteiger charge is 2.42. The van der Waals surface area contributed by atoms with E-state index in [1.165, 1.54) is 7.05 Å². The van der Waals surface area contributed by atoms with E-state index in [1.807, 2.05) is 98.8 Å². The summed E-state index contributed by atoms with van der Waals surface area (Å²) < 4.78 is 11.7. The average Bonchev–Trinajstić information content (AvgIpc) is 3.06. The quantitative estimate of drug-likeness (QED) is 0.202. The van der Waals surface area contributed by atoms with Gasteiger partial charge in [0.05, 0.1) is 18.8 Å². The molecule has 0 aromatic heterocycles. The predicted octanol–water partition coefficient (Wildman–Crippen LogP) is 5.38. The maximum atomic E-state index is 14.1. The van der Waals surface area contributed by atoms with Gasteiger partial charge in [0.1, 0.15) is 11.6 Å². The molecule has 45 heavy (non-hydrogen) atoms. The lowest BCUT2D eigenvalue weighted by atomic mass is 9.84. The molecular formula is C35H44N4O6. The number of likely N-dealkylation sites (N-methyl/N-ethyl adjacent to an activating group) is 1. The first kappa shape index (κ1) is 33.5. The van der Waals surface area contributed by atoms with Crippen LogP contribution in [0.25, 0.3) is 0 Å². The number of nitrogens with two attached hydrogens (primary N) is 1.